The molecule has 13 heteroatoms. The molecule has 4 aromatic heterocycles. The summed E-state index contributed by atoms with van der Waals surface area (Å²) in [6, 6.07) is 2.61. The molecule has 6 rings (SSSR count). The van der Waals surface area contributed by atoms with E-state index in [1.54, 1.807) is 17.2 Å². The van der Waals surface area contributed by atoms with Crippen molar-refractivity contribution >= 4 is 22.8 Å². The van der Waals surface area contributed by atoms with E-state index < -0.39 is 11.5 Å². The summed E-state index contributed by atoms with van der Waals surface area (Å²) in [6.07, 6.45) is 4.85. The van der Waals surface area contributed by atoms with Crippen LogP contribution >= 0.6 is 0 Å². The van der Waals surface area contributed by atoms with Crippen molar-refractivity contribution in [2.24, 2.45) is 0 Å². The molecule has 0 spiro atoms. The average molecular weight is 560 g/mol. The first-order chi connectivity index (χ1) is 19.7. The van der Waals surface area contributed by atoms with Crippen LogP contribution < -0.4 is 15.3 Å². The Morgan fingerprint density at radius 3 is 2.76 bits per heavy atom. The minimum absolute atomic E-state index is 0.0730. The Labute approximate surface area is 235 Å². The van der Waals surface area contributed by atoms with Crippen LogP contribution in [0, 0.1) is 5.82 Å². The Morgan fingerprint density at radius 1 is 1.20 bits per heavy atom. The van der Waals surface area contributed by atoms with Crippen molar-refractivity contribution < 1.29 is 13.9 Å². The molecule has 0 saturated carbocycles. The fourth-order valence-electron chi connectivity index (χ4n) is 5.60. The van der Waals surface area contributed by atoms with Crippen LogP contribution in [-0.4, -0.2) is 77.1 Å². The Hall–Kier alpha value is -4.68. The van der Waals surface area contributed by atoms with Gasteiger partial charge in [-0.05, 0) is 31.9 Å². The smallest absolute Gasteiger partial charge is 0.356 e. The van der Waals surface area contributed by atoms with Crippen LogP contribution in [0.15, 0.2) is 42.0 Å². The summed E-state index contributed by atoms with van der Waals surface area (Å²) in [4.78, 5) is 43.9. The van der Waals surface area contributed by atoms with Crippen LogP contribution in [0.3, 0.4) is 0 Å². The van der Waals surface area contributed by atoms with E-state index >= 15 is 4.39 Å². The number of rotatable bonds is 3. The molecule has 4 aromatic rings. The normalized spacial score (nSPS) is 18.6. The summed E-state index contributed by atoms with van der Waals surface area (Å²) >= 11 is 0. The van der Waals surface area contributed by atoms with Crippen LogP contribution in [0.5, 0.6) is 5.75 Å². The van der Waals surface area contributed by atoms with Gasteiger partial charge in [-0.3, -0.25) is 9.78 Å². The van der Waals surface area contributed by atoms with E-state index in [0.29, 0.717) is 47.7 Å². The first-order valence-electron chi connectivity index (χ1n) is 13.5. The van der Waals surface area contributed by atoms with E-state index in [1.165, 1.54) is 27.6 Å². The van der Waals surface area contributed by atoms with Crippen LogP contribution in [0.4, 0.5) is 10.2 Å². The third-order valence-electron chi connectivity index (χ3n) is 7.62. The quantitative estimate of drug-likeness (QED) is 0.348. The summed E-state index contributed by atoms with van der Waals surface area (Å²) in [7, 11) is 0. The van der Waals surface area contributed by atoms with E-state index in [-0.39, 0.29) is 47.8 Å². The number of aromatic nitrogens is 7. The molecule has 2 aliphatic rings. The van der Waals surface area contributed by atoms with E-state index in [9.17, 15) is 9.59 Å². The molecule has 0 N–H and O–H groups in total. The summed E-state index contributed by atoms with van der Waals surface area (Å²) in [5.41, 5.74) is 1.21. The number of halogens is 1. The predicted octanol–water partition coefficient (Wildman–Crippen LogP) is 2.57. The van der Waals surface area contributed by atoms with Crippen molar-refractivity contribution in [2.75, 3.05) is 24.6 Å². The summed E-state index contributed by atoms with van der Waals surface area (Å²) in [5.74, 6) is -0.250. The lowest BCUT2D eigenvalue weighted by molar-refractivity contribution is -0.128. The number of nitrogens with zero attached hydrogens (tertiary/aromatic N) is 9. The standard InChI is InChI=1S/C28H30FN9O3/c1-6-22(39)35-13-17(5)36(14-16(35)4)25-19-11-20(29)27-32-26(19)37(28(40)33-25)24-21(7-9-30-23(24)15(2)3)41-10-8-18-12-31-34-38(18)27/h6-7,9,11-12,15-17H,1,8,10,13-14H2,2-5H3. The fourth-order valence-corrected chi connectivity index (χ4v) is 5.60. The van der Waals surface area contributed by atoms with Crippen LogP contribution in [0.1, 0.15) is 45.0 Å². The van der Waals surface area contributed by atoms with Gasteiger partial charge in [-0.1, -0.05) is 25.6 Å². The second kappa shape index (κ2) is 10.1. The largest absolute Gasteiger partial charge is 0.491 e. The van der Waals surface area contributed by atoms with Gasteiger partial charge in [0.05, 0.1) is 29.6 Å². The Balaban J connectivity index is 1.66. The number of hydrogen-bond donors (Lipinski definition) is 0. The maximum atomic E-state index is 15.9. The molecule has 2 aliphatic heterocycles. The molecule has 1 saturated heterocycles. The molecule has 1 amide bonds. The molecule has 0 aliphatic carbocycles. The molecule has 2 unspecified atom stereocenters. The molecular formula is C28H30FN9O3. The molecule has 2 bridgehead atoms. The second-order valence-electron chi connectivity index (χ2n) is 10.7. The first-order valence-corrected chi connectivity index (χ1v) is 13.5. The van der Waals surface area contributed by atoms with Gasteiger partial charge in [0, 0.05) is 43.9 Å². The van der Waals surface area contributed by atoms with E-state index in [2.05, 4.69) is 26.9 Å². The topological polar surface area (TPSA) is 124 Å². The zero-order valence-electron chi connectivity index (χ0n) is 23.3. The van der Waals surface area contributed by atoms with Gasteiger partial charge < -0.3 is 14.5 Å². The van der Waals surface area contributed by atoms with Crippen LogP contribution in [0.2, 0.25) is 0 Å². The van der Waals surface area contributed by atoms with Gasteiger partial charge in [0.15, 0.2) is 17.3 Å². The third-order valence-corrected chi connectivity index (χ3v) is 7.62. The third kappa shape index (κ3) is 4.32. The van der Waals surface area contributed by atoms with Gasteiger partial charge in [-0.25, -0.2) is 18.7 Å². The molecule has 0 aromatic carbocycles. The number of ether oxygens (including phenoxy) is 1. The number of hydrogen-bond acceptors (Lipinski definition) is 9. The highest BCUT2D eigenvalue weighted by Crippen LogP contribution is 2.35. The fraction of sp³-hybridized carbons (Fsp3) is 0.393. The number of carbonyl (C=O) groups is 1. The van der Waals surface area contributed by atoms with Crippen LogP contribution in [-0.2, 0) is 11.2 Å². The zero-order valence-corrected chi connectivity index (χ0v) is 23.3. The molecular weight excluding hydrogens is 529 g/mol. The molecule has 6 heterocycles. The second-order valence-corrected chi connectivity index (χ2v) is 10.7. The van der Waals surface area contributed by atoms with Gasteiger partial charge in [0.25, 0.3) is 0 Å². The zero-order chi connectivity index (χ0) is 29.0. The highest BCUT2D eigenvalue weighted by Gasteiger charge is 2.34. The molecule has 212 valence electrons. The van der Waals surface area contributed by atoms with Crippen molar-refractivity contribution in [3.8, 4) is 17.3 Å². The maximum Gasteiger partial charge on any atom is 0.356 e. The van der Waals surface area contributed by atoms with E-state index in [1.807, 2.05) is 32.6 Å². The molecule has 1 fully saturated rings. The lowest BCUT2D eigenvalue weighted by atomic mass is 10.1. The lowest BCUT2D eigenvalue weighted by Gasteiger charge is -2.44. The average Bonchev–Trinajstić information content (AvgIpc) is 3.40. The van der Waals surface area contributed by atoms with Gasteiger partial charge in [-0.15, -0.1) is 5.10 Å². The minimum Gasteiger partial charge on any atom is -0.491 e. The molecule has 41 heavy (non-hydrogen) atoms. The van der Waals surface area contributed by atoms with Gasteiger partial charge in [-0.2, -0.15) is 9.67 Å². The summed E-state index contributed by atoms with van der Waals surface area (Å²) in [5, 5.41) is 8.37. The molecule has 12 nitrogen and oxygen atoms in total. The van der Waals surface area contributed by atoms with Crippen molar-refractivity contribution in [1.82, 2.24) is 39.4 Å². The van der Waals surface area contributed by atoms with Gasteiger partial charge >= 0.3 is 5.69 Å². The Kier molecular flexibility index (Phi) is 6.51. The lowest BCUT2D eigenvalue weighted by Crippen LogP contribution is -2.58. The molecule has 0 radical (unpaired) electrons. The van der Waals surface area contributed by atoms with Gasteiger partial charge in [0.1, 0.15) is 17.3 Å². The number of amides is 1. The summed E-state index contributed by atoms with van der Waals surface area (Å²) < 4.78 is 24.8. The minimum atomic E-state index is -0.644. The van der Waals surface area contributed by atoms with Crippen molar-refractivity contribution in [3.63, 3.8) is 0 Å². The predicted molar refractivity (Wildman–Crippen MR) is 149 cm³/mol. The number of carbonyl (C=O) groups excluding carboxylic acids is 1. The van der Waals surface area contributed by atoms with Crippen molar-refractivity contribution in [2.45, 2.75) is 52.1 Å². The highest BCUT2D eigenvalue weighted by atomic mass is 19.1. The van der Waals surface area contributed by atoms with E-state index in [4.69, 9.17) is 9.72 Å². The van der Waals surface area contributed by atoms with Crippen molar-refractivity contribution in [3.05, 3.63) is 64.9 Å². The van der Waals surface area contributed by atoms with E-state index in [0.717, 1.165) is 0 Å². The Morgan fingerprint density at radius 2 is 2.00 bits per heavy atom. The number of anilines is 1. The maximum absolute atomic E-state index is 15.9. The number of pyridine rings is 2. The van der Waals surface area contributed by atoms with Crippen LogP contribution in [0.25, 0.3) is 22.5 Å². The Bertz CT molecular complexity index is 1750. The number of piperazine rings is 1. The number of fused-ring (bicyclic) bond motifs is 5. The summed E-state index contributed by atoms with van der Waals surface area (Å²) in [6.45, 7) is 12.4. The monoisotopic (exact) mass is 559 g/mol. The van der Waals surface area contributed by atoms with Gasteiger partial charge in [0.2, 0.25) is 5.91 Å². The molecule has 2 atom stereocenters. The van der Waals surface area contributed by atoms with Crippen molar-refractivity contribution in [1.29, 1.82) is 0 Å². The SMILES string of the molecule is C=CC(=O)N1CC(C)N(c2nc(=O)n3c4nc(c(F)cc24)-n2nncc2CCOc2ccnc(C(C)C)c2-3)CC1C. The highest BCUT2D eigenvalue weighted by molar-refractivity contribution is 5.90. The first kappa shape index (κ1) is 26.5.